The number of hydrogen-bond acceptors (Lipinski definition) is 3. The summed E-state index contributed by atoms with van der Waals surface area (Å²) >= 11 is 0. The van der Waals surface area contributed by atoms with Gasteiger partial charge in [0.1, 0.15) is 12.4 Å². The van der Waals surface area contributed by atoms with Crippen LogP contribution in [0, 0.1) is 5.92 Å². The van der Waals surface area contributed by atoms with Crippen LogP contribution >= 0.6 is 0 Å². The van der Waals surface area contributed by atoms with Crippen LogP contribution < -0.4 is 5.32 Å². The van der Waals surface area contributed by atoms with Crippen LogP contribution in [0.1, 0.15) is 45.4 Å². The van der Waals surface area contributed by atoms with E-state index in [0.717, 1.165) is 44.8 Å². The maximum Gasteiger partial charge on any atom is 0.242 e. The largest absolute Gasteiger partial charge is 0.341 e. The first-order valence-electron chi connectivity index (χ1n) is 8.15. The minimum Gasteiger partial charge on any atom is -0.341 e. The van der Waals surface area contributed by atoms with E-state index in [2.05, 4.69) is 24.1 Å². The maximum absolute atomic E-state index is 12.4. The van der Waals surface area contributed by atoms with Gasteiger partial charge in [0.25, 0.3) is 0 Å². The van der Waals surface area contributed by atoms with Crippen molar-refractivity contribution in [2.75, 3.05) is 19.6 Å². The number of hydrogen-bond donors (Lipinski definition) is 1. The molecule has 0 spiro atoms. The van der Waals surface area contributed by atoms with E-state index in [0.29, 0.717) is 12.5 Å². The molecule has 1 amide bonds. The topological polar surface area (TPSA) is 50.2 Å². The fourth-order valence-electron chi connectivity index (χ4n) is 2.69. The quantitative estimate of drug-likeness (QED) is 0.873. The molecule has 1 N–H and O–H groups in total. The Morgan fingerprint density at radius 3 is 2.67 bits per heavy atom. The Labute approximate surface area is 127 Å². The van der Waals surface area contributed by atoms with E-state index in [4.69, 9.17) is 0 Å². The molecule has 1 aromatic rings. The maximum atomic E-state index is 12.4. The lowest BCUT2D eigenvalue weighted by atomic mass is 10.2. The van der Waals surface area contributed by atoms with E-state index in [9.17, 15) is 4.79 Å². The molecule has 5 nitrogen and oxygen atoms in total. The number of nitrogens with one attached hydrogen (secondary N) is 1. The van der Waals surface area contributed by atoms with Gasteiger partial charge < -0.3 is 14.8 Å². The number of amides is 1. The van der Waals surface area contributed by atoms with Crippen LogP contribution in [-0.2, 0) is 17.9 Å². The number of nitrogens with zero attached hydrogens (tertiary/aromatic N) is 3. The highest BCUT2D eigenvalue weighted by molar-refractivity contribution is 5.76. The summed E-state index contributed by atoms with van der Waals surface area (Å²) in [6.07, 6.45) is 8.46. The van der Waals surface area contributed by atoms with Gasteiger partial charge in [-0.1, -0.05) is 26.7 Å². The monoisotopic (exact) mass is 292 g/mol. The SMILES string of the molecule is CC(C)CNCc1nccn1CC(=O)N1CCCCCC1. The van der Waals surface area contributed by atoms with E-state index < -0.39 is 0 Å². The summed E-state index contributed by atoms with van der Waals surface area (Å²) in [6, 6.07) is 0. The molecule has 118 valence electrons. The lowest BCUT2D eigenvalue weighted by Gasteiger charge is -2.21. The molecule has 1 fully saturated rings. The average molecular weight is 292 g/mol. The zero-order chi connectivity index (χ0) is 15.1. The number of aromatic nitrogens is 2. The van der Waals surface area contributed by atoms with Crippen LogP contribution in [0.2, 0.25) is 0 Å². The average Bonchev–Trinajstić information content (AvgIpc) is 2.72. The standard InChI is InChI=1S/C16H28N4O/c1-14(2)11-17-12-15-18-7-10-20(15)13-16(21)19-8-5-3-4-6-9-19/h7,10,14,17H,3-6,8-9,11-13H2,1-2H3. The molecule has 21 heavy (non-hydrogen) atoms. The lowest BCUT2D eigenvalue weighted by molar-refractivity contribution is -0.131. The summed E-state index contributed by atoms with van der Waals surface area (Å²) in [4.78, 5) is 18.8. The van der Waals surface area contributed by atoms with Crippen LogP contribution in [-0.4, -0.2) is 40.0 Å². The normalized spacial score (nSPS) is 16.2. The Morgan fingerprint density at radius 2 is 2.00 bits per heavy atom. The van der Waals surface area contributed by atoms with Crippen molar-refractivity contribution in [3.05, 3.63) is 18.2 Å². The molecule has 0 radical (unpaired) electrons. The second-order valence-corrected chi connectivity index (χ2v) is 6.29. The van der Waals surface area contributed by atoms with Crippen molar-refractivity contribution in [3.8, 4) is 0 Å². The molecule has 0 aromatic carbocycles. The van der Waals surface area contributed by atoms with E-state index in [1.807, 2.05) is 15.7 Å². The number of likely N-dealkylation sites (tertiary alicyclic amines) is 1. The van der Waals surface area contributed by atoms with Gasteiger partial charge in [-0.15, -0.1) is 0 Å². The zero-order valence-electron chi connectivity index (χ0n) is 13.3. The predicted molar refractivity (Wildman–Crippen MR) is 83.8 cm³/mol. The van der Waals surface area contributed by atoms with Crippen LogP contribution in [0.3, 0.4) is 0 Å². The van der Waals surface area contributed by atoms with Gasteiger partial charge in [-0.3, -0.25) is 4.79 Å². The van der Waals surface area contributed by atoms with Crippen LogP contribution in [0.5, 0.6) is 0 Å². The van der Waals surface area contributed by atoms with E-state index >= 15 is 0 Å². The highest BCUT2D eigenvalue weighted by atomic mass is 16.2. The Hall–Kier alpha value is -1.36. The molecular formula is C16H28N4O. The molecular weight excluding hydrogens is 264 g/mol. The molecule has 0 saturated carbocycles. The minimum atomic E-state index is 0.222. The van der Waals surface area contributed by atoms with Gasteiger partial charge in [0.15, 0.2) is 0 Å². The molecule has 5 heteroatoms. The third-order valence-electron chi connectivity index (χ3n) is 3.90. The summed E-state index contributed by atoms with van der Waals surface area (Å²) in [6.45, 7) is 8.29. The first kappa shape index (κ1) is 16.0. The van der Waals surface area contributed by atoms with Crippen molar-refractivity contribution in [1.82, 2.24) is 19.8 Å². The van der Waals surface area contributed by atoms with Crippen molar-refractivity contribution in [3.63, 3.8) is 0 Å². The van der Waals surface area contributed by atoms with Crippen LogP contribution in [0.4, 0.5) is 0 Å². The second kappa shape index (κ2) is 8.17. The Balaban J connectivity index is 1.87. The summed E-state index contributed by atoms with van der Waals surface area (Å²) in [5, 5.41) is 3.38. The number of carbonyl (C=O) groups excluding carboxylic acids is 1. The van der Waals surface area contributed by atoms with Gasteiger partial charge in [-0.05, 0) is 25.3 Å². The van der Waals surface area contributed by atoms with Crippen LogP contribution in [0.15, 0.2) is 12.4 Å². The number of imidazole rings is 1. The van der Waals surface area contributed by atoms with Gasteiger partial charge in [0.05, 0.1) is 6.54 Å². The van der Waals surface area contributed by atoms with Crippen molar-refractivity contribution >= 4 is 5.91 Å². The highest BCUT2D eigenvalue weighted by Gasteiger charge is 2.16. The molecule has 0 unspecified atom stereocenters. The Bertz CT molecular complexity index is 433. The van der Waals surface area contributed by atoms with Gasteiger partial charge in [-0.2, -0.15) is 0 Å². The zero-order valence-corrected chi connectivity index (χ0v) is 13.3. The number of rotatable bonds is 6. The molecule has 1 saturated heterocycles. The molecule has 0 atom stereocenters. The van der Waals surface area contributed by atoms with Gasteiger partial charge in [0, 0.05) is 25.5 Å². The van der Waals surface area contributed by atoms with Crippen molar-refractivity contribution in [2.24, 2.45) is 5.92 Å². The fourth-order valence-corrected chi connectivity index (χ4v) is 2.69. The highest BCUT2D eigenvalue weighted by Crippen LogP contribution is 2.10. The third-order valence-corrected chi connectivity index (χ3v) is 3.90. The van der Waals surface area contributed by atoms with E-state index in [-0.39, 0.29) is 5.91 Å². The predicted octanol–water partition coefficient (Wildman–Crippen LogP) is 2.03. The second-order valence-electron chi connectivity index (χ2n) is 6.29. The Kier molecular flexibility index (Phi) is 6.23. The summed E-state index contributed by atoms with van der Waals surface area (Å²) in [7, 11) is 0. The molecule has 0 aliphatic carbocycles. The van der Waals surface area contributed by atoms with Crippen LogP contribution in [0.25, 0.3) is 0 Å². The van der Waals surface area contributed by atoms with Crippen molar-refractivity contribution in [1.29, 1.82) is 0 Å². The lowest BCUT2D eigenvalue weighted by Crippen LogP contribution is -2.35. The first-order valence-corrected chi connectivity index (χ1v) is 8.15. The van der Waals surface area contributed by atoms with E-state index in [1.54, 1.807) is 6.20 Å². The molecule has 0 bridgehead atoms. The minimum absolute atomic E-state index is 0.222. The third kappa shape index (κ3) is 5.16. The van der Waals surface area contributed by atoms with Crippen molar-refractivity contribution < 1.29 is 4.79 Å². The molecule has 1 aromatic heterocycles. The fraction of sp³-hybridized carbons (Fsp3) is 0.750. The van der Waals surface area contributed by atoms with Gasteiger partial charge >= 0.3 is 0 Å². The van der Waals surface area contributed by atoms with E-state index in [1.165, 1.54) is 12.8 Å². The van der Waals surface area contributed by atoms with Gasteiger partial charge in [-0.25, -0.2) is 4.98 Å². The first-order chi connectivity index (χ1) is 10.2. The summed E-state index contributed by atoms with van der Waals surface area (Å²) < 4.78 is 1.97. The summed E-state index contributed by atoms with van der Waals surface area (Å²) in [5.74, 6) is 1.78. The molecule has 2 heterocycles. The molecule has 1 aliphatic rings. The summed E-state index contributed by atoms with van der Waals surface area (Å²) in [5.41, 5.74) is 0. The van der Waals surface area contributed by atoms with Gasteiger partial charge in [0.2, 0.25) is 5.91 Å². The molecule has 2 rings (SSSR count). The smallest absolute Gasteiger partial charge is 0.242 e. The Morgan fingerprint density at radius 1 is 1.29 bits per heavy atom. The molecule has 1 aliphatic heterocycles. The number of carbonyl (C=O) groups is 1. The van der Waals surface area contributed by atoms with Crippen molar-refractivity contribution in [2.45, 2.75) is 52.6 Å².